The maximum absolute atomic E-state index is 14.4. The zero-order valence-corrected chi connectivity index (χ0v) is 16.8. The minimum Gasteiger partial charge on any atom is -0.365 e. The SMILES string of the molecule is Cn1cnc(S(=O)(=O)N2C[C@@H](Nc3cc(Cl)ncn3)[C@H](c3ncccc3F)C2)c1. The molecule has 4 rings (SSSR count). The first kappa shape index (κ1) is 19.7. The number of hydrogen-bond donors (Lipinski definition) is 1. The van der Waals surface area contributed by atoms with Crippen LogP contribution in [0.3, 0.4) is 0 Å². The Bertz CT molecular complexity index is 1140. The Morgan fingerprint density at radius 2 is 2.07 bits per heavy atom. The molecule has 0 unspecified atom stereocenters. The van der Waals surface area contributed by atoms with E-state index in [0.29, 0.717) is 5.82 Å². The number of aromatic nitrogens is 5. The molecule has 0 saturated carbocycles. The lowest BCUT2D eigenvalue weighted by atomic mass is 9.98. The Balaban J connectivity index is 1.68. The van der Waals surface area contributed by atoms with Gasteiger partial charge in [-0.05, 0) is 12.1 Å². The predicted octanol–water partition coefficient (Wildman–Crippen LogP) is 1.67. The molecule has 0 spiro atoms. The quantitative estimate of drug-likeness (QED) is 0.605. The number of nitrogens with one attached hydrogen (secondary N) is 1. The van der Waals surface area contributed by atoms with Gasteiger partial charge in [0.15, 0.2) is 5.03 Å². The molecular formula is C17H17ClFN7O2S. The molecule has 1 N–H and O–H groups in total. The summed E-state index contributed by atoms with van der Waals surface area (Å²) in [4.78, 5) is 16.0. The van der Waals surface area contributed by atoms with Crippen molar-refractivity contribution in [1.82, 2.24) is 28.8 Å². The normalized spacial score (nSPS) is 20.1. The van der Waals surface area contributed by atoms with E-state index < -0.39 is 27.8 Å². The number of aryl methyl sites for hydroxylation is 1. The largest absolute Gasteiger partial charge is 0.365 e. The van der Waals surface area contributed by atoms with Crippen LogP contribution in [0.4, 0.5) is 10.2 Å². The van der Waals surface area contributed by atoms with E-state index in [-0.39, 0.29) is 29.0 Å². The van der Waals surface area contributed by atoms with E-state index in [9.17, 15) is 12.8 Å². The molecule has 1 saturated heterocycles. The first-order chi connectivity index (χ1) is 13.8. The smallest absolute Gasteiger partial charge is 0.262 e. The molecule has 152 valence electrons. The van der Waals surface area contributed by atoms with Crippen LogP contribution in [0.2, 0.25) is 5.15 Å². The maximum Gasteiger partial charge on any atom is 0.262 e. The summed E-state index contributed by atoms with van der Waals surface area (Å²) in [6.07, 6.45) is 5.61. The summed E-state index contributed by atoms with van der Waals surface area (Å²) in [5, 5.41) is 3.31. The average Bonchev–Trinajstić information content (AvgIpc) is 3.30. The van der Waals surface area contributed by atoms with Crippen molar-refractivity contribution >= 4 is 27.4 Å². The number of nitrogens with zero attached hydrogens (tertiary/aromatic N) is 6. The maximum atomic E-state index is 14.4. The van der Waals surface area contributed by atoms with Crippen LogP contribution in [0.25, 0.3) is 0 Å². The standard InChI is InChI=1S/C17H17ClFN7O2S/c1-25-8-16(23-10-25)29(27,28)26-6-11(17-12(19)3-2-4-20-17)13(7-26)24-15-5-14(18)21-9-22-15/h2-5,8-11,13H,6-7H2,1H3,(H,21,22,24)/t11-,13-/m1/s1. The molecule has 29 heavy (non-hydrogen) atoms. The molecule has 1 aliphatic heterocycles. The summed E-state index contributed by atoms with van der Waals surface area (Å²) < 4.78 is 43.3. The van der Waals surface area contributed by atoms with Crippen LogP contribution in [0.1, 0.15) is 11.6 Å². The van der Waals surface area contributed by atoms with Crippen LogP contribution in [0.15, 0.2) is 48.3 Å². The molecule has 2 atom stereocenters. The van der Waals surface area contributed by atoms with E-state index in [1.807, 2.05) is 0 Å². The molecule has 0 aliphatic carbocycles. The van der Waals surface area contributed by atoms with Crippen molar-refractivity contribution in [1.29, 1.82) is 0 Å². The van der Waals surface area contributed by atoms with Crippen molar-refractivity contribution in [2.45, 2.75) is 17.0 Å². The number of imidazole rings is 1. The van der Waals surface area contributed by atoms with Gasteiger partial charge >= 0.3 is 0 Å². The van der Waals surface area contributed by atoms with Gasteiger partial charge in [-0.3, -0.25) is 4.98 Å². The van der Waals surface area contributed by atoms with Crippen LogP contribution in [0, 0.1) is 5.82 Å². The van der Waals surface area contributed by atoms with Crippen LogP contribution < -0.4 is 5.32 Å². The predicted molar refractivity (Wildman–Crippen MR) is 103 cm³/mol. The molecule has 12 heteroatoms. The Labute approximate surface area is 171 Å². The molecule has 0 aromatic carbocycles. The molecule has 3 aromatic rings. The second-order valence-corrected chi connectivity index (χ2v) is 8.93. The van der Waals surface area contributed by atoms with Crippen LogP contribution in [0.5, 0.6) is 0 Å². The highest BCUT2D eigenvalue weighted by molar-refractivity contribution is 7.89. The molecule has 1 aliphatic rings. The number of hydrogen-bond acceptors (Lipinski definition) is 7. The van der Waals surface area contributed by atoms with Crippen LogP contribution in [-0.4, -0.2) is 56.4 Å². The van der Waals surface area contributed by atoms with Crippen molar-refractivity contribution in [3.05, 3.63) is 59.9 Å². The third-order valence-electron chi connectivity index (χ3n) is 4.68. The first-order valence-electron chi connectivity index (χ1n) is 8.67. The molecular weight excluding hydrogens is 421 g/mol. The molecule has 0 radical (unpaired) electrons. The Morgan fingerprint density at radius 1 is 1.24 bits per heavy atom. The van der Waals surface area contributed by atoms with Gasteiger partial charge in [-0.25, -0.2) is 27.8 Å². The summed E-state index contributed by atoms with van der Waals surface area (Å²) in [7, 11) is -2.17. The van der Waals surface area contributed by atoms with Gasteiger partial charge in [-0.1, -0.05) is 11.6 Å². The zero-order valence-electron chi connectivity index (χ0n) is 15.3. The van der Waals surface area contributed by atoms with Crippen molar-refractivity contribution in [3.8, 4) is 0 Å². The molecule has 4 heterocycles. The zero-order chi connectivity index (χ0) is 20.6. The topological polar surface area (TPSA) is 106 Å². The minimum atomic E-state index is -3.85. The Kier molecular flexibility index (Phi) is 5.19. The molecule has 1 fully saturated rings. The van der Waals surface area contributed by atoms with Gasteiger partial charge in [0, 0.05) is 44.5 Å². The molecule has 3 aromatic heterocycles. The summed E-state index contributed by atoms with van der Waals surface area (Å²) in [6.45, 7) is 0.129. The van der Waals surface area contributed by atoms with Gasteiger partial charge in [-0.2, -0.15) is 4.31 Å². The third-order valence-corrected chi connectivity index (χ3v) is 6.60. The second kappa shape index (κ2) is 7.65. The van der Waals surface area contributed by atoms with Gasteiger partial charge in [0.2, 0.25) is 0 Å². The minimum absolute atomic E-state index is 0.0450. The Morgan fingerprint density at radius 3 is 2.76 bits per heavy atom. The fraction of sp³-hybridized carbons (Fsp3) is 0.294. The summed E-state index contributed by atoms with van der Waals surface area (Å²) in [5.41, 5.74) is 0.184. The van der Waals surface area contributed by atoms with Gasteiger partial charge < -0.3 is 9.88 Å². The highest BCUT2D eigenvalue weighted by Crippen LogP contribution is 2.33. The first-order valence-corrected chi connectivity index (χ1v) is 10.5. The lowest BCUT2D eigenvalue weighted by Gasteiger charge is -2.20. The second-order valence-electron chi connectivity index (χ2n) is 6.65. The van der Waals surface area contributed by atoms with Crippen molar-refractivity contribution in [2.24, 2.45) is 7.05 Å². The van der Waals surface area contributed by atoms with Gasteiger partial charge in [0.05, 0.1) is 18.1 Å². The Hall–Kier alpha value is -2.63. The van der Waals surface area contributed by atoms with Crippen LogP contribution >= 0.6 is 11.6 Å². The van der Waals surface area contributed by atoms with Gasteiger partial charge in [-0.15, -0.1) is 0 Å². The summed E-state index contributed by atoms with van der Waals surface area (Å²) >= 11 is 5.91. The number of rotatable bonds is 5. The summed E-state index contributed by atoms with van der Waals surface area (Å²) in [6, 6.07) is 3.83. The average molecular weight is 438 g/mol. The van der Waals surface area contributed by atoms with E-state index in [2.05, 4.69) is 25.3 Å². The van der Waals surface area contributed by atoms with E-state index in [0.717, 1.165) is 0 Å². The van der Waals surface area contributed by atoms with E-state index in [1.165, 1.54) is 47.6 Å². The monoisotopic (exact) mass is 437 g/mol. The van der Waals surface area contributed by atoms with E-state index in [4.69, 9.17) is 11.6 Å². The number of pyridine rings is 1. The van der Waals surface area contributed by atoms with Crippen LogP contribution in [-0.2, 0) is 17.1 Å². The van der Waals surface area contributed by atoms with Gasteiger partial charge in [0.1, 0.15) is 23.1 Å². The molecule has 0 amide bonds. The highest BCUT2D eigenvalue weighted by Gasteiger charge is 2.42. The fourth-order valence-electron chi connectivity index (χ4n) is 3.31. The lowest BCUT2D eigenvalue weighted by molar-refractivity contribution is 0.466. The van der Waals surface area contributed by atoms with E-state index in [1.54, 1.807) is 11.6 Å². The van der Waals surface area contributed by atoms with Crippen molar-refractivity contribution in [2.75, 3.05) is 18.4 Å². The van der Waals surface area contributed by atoms with Crippen molar-refractivity contribution < 1.29 is 12.8 Å². The van der Waals surface area contributed by atoms with Gasteiger partial charge in [0.25, 0.3) is 10.0 Å². The lowest BCUT2D eigenvalue weighted by Crippen LogP contribution is -2.32. The highest BCUT2D eigenvalue weighted by atomic mass is 35.5. The third kappa shape index (κ3) is 3.93. The van der Waals surface area contributed by atoms with E-state index >= 15 is 0 Å². The molecule has 9 nitrogen and oxygen atoms in total. The number of anilines is 1. The number of sulfonamides is 1. The number of halogens is 2. The molecule has 0 bridgehead atoms. The van der Waals surface area contributed by atoms with Crippen molar-refractivity contribution in [3.63, 3.8) is 0 Å². The fourth-order valence-corrected chi connectivity index (χ4v) is 4.92. The summed E-state index contributed by atoms with van der Waals surface area (Å²) in [5.74, 6) is -0.626.